The number of rotatable bonds is 10. The first-order chi connectivity index (χ1) is 10.3. The normalized spacial score (nSPS) is 23.1. The Morgan fingerprint density at radius 3 is 2.41 bits per heavy atom. The fraction of sp³-hybridized carbons (Fsp3) is 0.867. The highest BCUT2D eigenvalue weighted by atomic mass is 32.2. The van der Waals surface area contributed by atoms with Crippen LogP contribution in [0.4, 0.5) is 0 Å². The highest BCUT2D eigenvalue weighted by molar-refractivity contribution is 7.83. The summed E-state index contributed by atoms with van der Waals surface area (Å²) in [5.74, 6) is 0. The van der Waals surface area contributed by atoms with Gasteiger partial charge in [0.25, 0.3) is 0 Å². The average Bonchev–Trinajstić information content (AvgIpc) is 2.46. The first kappa shape index (κ1) is 19.6. The highest BCUT2D eigenvalue weighted by Gasteiger charge is 2.29. The Morgan fingerprint density at radius 2 is 1.86 bits per heavy atom. The summed E-state index contributed by atoms with van der Waals surface area (Å²) in [5.41, 5.74) is 0. The van der Waals surface area contributed by atoms with E-state index in [2.05, 4.69) is 18.5 Å². The molecule has 0 unspecified atom stereocenters. The van der Waals surface area contributed by atoms with Crippen molar-refractivity contribution in [2.45, 2.75) is 50.7 Å². The van der Waals surface area contributed by atoms with Crippen LogP contribution in [-0.4, -0.2) is 68.1 Å². The number of nitrogens with zero attached hydrogens (tertiary/aromatic N) is 2. The zero-order valence-electron chi connectivity index (χ0n) is 13.8. The standard InChI is InChI=1S/C15H30N2O4S/c1-4-11-16(2)12-5-6-13-21-15-9-7-14(8-10-15)17(3)22(18,19)20/h4,14-15H,1,5-13H2,2-3H3,(H,18,19,20). The van der Waals surface area contributed by atoms with Crippen LogP contribution in [0.1, 0.15) is 38.5 Å². The summed E-state index contributed by atoms with van der Waals surface area (Å²) >= 11 is 0. The smallest absolute Gasteiger partial charge is 0.335 e. The third-order valence-corrected chi connectivity index (χ3v) is 5.28. The van der Waals surface area contributed by atoms with Gasteiger partial charge in [-0.25, -0.2) is 0 Å². The Hall–Kier alpha value is -0.470. The molecule has 0 amide bonds. The van der Waals surface area contributed by atoms with Gasteiger partial charge in [-0.3, -0.25) is 4.55 Å². The number of hydrogen-bond acceptors (Lipinski definition) is 4. The van der Waals surface area contributed by atoms with Crippen LogP contribution in [0.5, 0.6) is 0 Å². The lowest BCUT2D eigenvalue weighted by atomic mass is 9.93. The lowest BCUT2D eigenvalue weighted by Gasteiger charge is -2.32. The summed E-state index contributed by atoms with van der Waals surface area (Å²) in [6, 6.07) is -0.109. The van der Waals surface area contributed by atoms with Crippen molar-refractivity contribution in [1.82, 2.24) is 9.21 Å². The fourth-order valence-electron chi connectivity index (χ4n) is 2.81. The van der Waals surface area contributed by atoms with Gasteiger partial charge in [-0.15, -0.1) is 6.58 Å². The first-order valence-electron chi connectivity index (χ1n) is 7.96. The molecule has 0 spiro atoms. The molecular weight excluding hydrogens is 304 g/mol. The number of ether oxygens (including phenoxy) is 1. The number of likely N-dealkylation sites (N-methyl/N-ethyl adjacent to an activating group) is 1. The van der Waals surface area contributed by atoms with Gasteiger partial charge < -0.3 is 9.64 Å². The molecule has 1 aliphatic carbocycles. The van der Waals surface area contributed by atoms with Crippen LogP contribution in [0, 0.1) is 0 Å². The zero-order chi connectivity index (χ0) is 16.6. The maximum absolute atomic E-state index is 11.1. The molecule has 1 saturated carbocycles. The van der Waals surface area contributed by atoms with Crippen molar-refractivity contribution in [3.8, 4) is 0 Å². The van der Waals surface area contributed by atoms with Crippen LogP contribution in [0.15, 0.2) is 12.7 Å². The van der Waals surface area contributed by atoms with Gasteiger partial charge in [-0.2, -0.15) is 12.7 Å². The summed E-state index contributed by atoms with van der Waals surface area (Å²) in [4.78, 5) is 2.23. The van der Waals surface area contributed by atoms with Gasteiger partial charge in [0.15, 0.2) is 0 Å². The quantitative estimate of drug-likeness (QED) is 0.376. The molecule has 0 aromatic heterocycles. The SMILES string of the molecule is C=CCN(C)CCCCOC1CCC(N(C)S(=O)(=O)O)CC1. The van der Waals surface area contributed by atoms with Crippen LogP contribution in [0.25, 0.3) is 0 Å². The predicted molar refractivity (Wildman–Crippen MR) is 88.2 cm³/mol. The van der Waals surface area contributed by atoms with Crippen LogP contribution in [-0.2, 0) is 15.0 Å². The molecule has 0 radical (unpaired) electrons. The Kier molecular flexibility index (Phi) is 8.56. The molecule has 0 aromatic rings. The molecule has 0 bridgehead atoms. The summed E-state index contributed by atoms with van der Waals surface area (Å²) in [6.07, 6.45) is 7.43. The molecule has 0 aliphatic heterocycles. The van der Waals surface area contributed by atoms with Gasteiger partial charge in [0.05, 0.1) is 6.10 Å². The summed E-state index contributed by atoms with van der Waals surface area (Å²) in [5, 5.41) is 0. The Bertz CT molecular complexity index is 419. The molecule has 130 valence electrons. The molecule has 0 atom stereocenters. The predicted octanol–water partition coefficient (Wildman–Crippen LogP) is 1.95. The highest BCUT2D eigenvalue weighted by Crippen LogP contribution is 2.25. The van der Waals surface area contributed by atoms with Crippen LogP contribution >= 0.6 is 0 Å². The summed E-state index contributed by atoms with van der Waals surface area (Å²) in [6.45, 7) is 6.42. The van der Waals surface area contributed by atoms with Crippen molar-refractivity contribution in [3.63, 3.8) is 0 Å². The second-order valence-electron chi connectivity index (χ2n) is 6.05. The Balaban J connectivity index is 2.12. The van der Waals surface area contributed by atoms with E-state index < -0.39 is 10.3 Å². The van der Waals surface area contributed by atoms with Gasteiger partial charge in [0.1, 0.15) is 0 Å². The molecule has 0 aromatic carbocycles. The van der Waals surface area contributed by atoms with E-state index in [4.69, 9.17) is 9.29 Å². The fourth-order valence-corrected chi connectivity index (χ4v) is 3.40. The summed E-state index contributed by atoms with van der Waals surface area (Å²) < 4.78 is 38.2. The van der Waals surface area contributed by atoms with Crippen molar-refractivity contribution < 1.29 is 17.7 Å². The average molecular weight is 334 g/mol. The van der Waals surface area contributed by atoms with Crippen molar-refractivity contribution in [3.05, 3.63) is 12.7 Å². The maximum atomic E-state index is 11.1. The molecule has 0 heterocycles. The lowest BCUT2D eigenvalue weighted by Crippen LogP contribution is -2.40. The van der Waals surface area contributed by atoms with E-state index in [1.165, 1.54) is 7.05 Å². The molecule has 1 fully saturated rings. The molecule has 1 rings (SSSR count). The van der Waals surface area contributed by atoms with Gasteiger partial charge in [0, 0.05) is 26.2 Å². The topological polar surface area (TPSA) is 70.1 Å². The monoisotopic (exact) mass is 334 g/mol. The maximum Gasteiger partial charge on any atom is 0.335 e. The van der Waals surface area contributed by atoms with Crippen molar-refractivity contribution in [1.29, 1.82) is 0 Å². The second kappa shape index (κ2) is 9.62. The molecule has 6 nitrogen and oxygen atoms in total. The minimum absolute atomic E-state index is 0.109. The zero-order valence-corrected chi connectivity index (χ0v) is 14.6. The Labute approximate surface area is 135 Å². The van der Waals surface area contributed by atoms with E-state index in [0.29, 0.717) is 0 Å². The minimum Gasteiger partial charge on any atom is -0.378 e. The van der Waals surface area contributed by atoms with Crippen LogP contribution in [0.2, 0.25) is 0 Å². The molecular formula is C15H30N2O4S. The van der Waals surface area contributed by atoms with E-state index in [9.17, 15) is 8.42 Å². The van der Waals surface area contributed by atoms with Gasteiger partial charge in [-0.1, -0.05) is 6.08 Å². The molecule has 1 N–H and O–H groups in total. The second-order valence-corrected chi connectivity index (χ2v) is 7.52. The number of unbranched alkanes of at least 4 members (excludes halogenated alkanes) is 1. The Morgan fingerprint density at radius 1 is 1.23 bits per heavy atom. The van der Waals surface area contributed by atoms with Crippen molar-refractivity contribution in [2.24, 2.45) is 0 Å². The van der Waals surface area contributed by atoms with E-state index in [0.717, 1.165) is 62.5 Å². The molecule has 0 saturated heterocycles. The molecule has 7 heteroatoms. The van der Waals surface area contributed by atoms with Gasteiger partial charge in [-0.05, 0) is 52.1 Å². The third-order valence-electron chi connectivity index (χ3n) is 4.25. The molecule has 22 heavy (non-hydrogen) atoms. The van der Waals surface area contributed by atoms with Crippen LogP contribution in [0.3, 0.4) is 0 Å². The third kappa shape index (κ3) is 7.19. The van der Waals surface area contributed by atoms with Gasteiger partial charge >= 0.3 is 10.3 Å². The van der Waals surface area contributed by atoms with Crippen molar-refractivity contribution >= 4 is 10.3 Å². The summed E-state index contributed by atoms with van der Waals surface area (Å²) in [7, 11) is -0.566. The van der Waals surface area contributed by atoms with Crippen LogP contribution < -0.4 is 0 Å². The van der Waals surface area contributed by atoms with E-state index in [-0.39, 0.29) is 12.1 Å². The minimum atomic E-state index is -4.08. The lowest BCUT2D eigenvalue weighted by molar-refractivity contribution is 0.0147. The largest absolute Gasteiger partial charge is 0.378 e. The first-order valence-corrected chi connectivity index (χ1v) is 9.35. The van der Waals surface area contributed by atoms with Crippen molar-refractivity contribution in [2.75, 3.05) is 33.8 Å². The van der Waals surface area contributed by atoms with E-state index in [1.54, 1.807) is 0 Å². The van der Waals surface area contributed by atoms with E-state index >= 15 is 0 Å². The number of hydrogen-bond donors (Lipinski definition) is 1. The molecule has 1 aliphatic rings. The van der Waals surface area contributed by atoms with E-state index in [1.807, 2.05) is 6.08 Å². The van der Waals surface area contributed by atoms with Gasteiger partial charge in [0.2, 0.25) is 0 Å².